The minimum atomic E-state index is 0. The average molecular weight is 235 g/mol. The Hall–Kier alpha value is 0.980. The quantitative estimate of drug-likeness (QED) is 0.542. The molecule has 0 unspecified atom stereocenters. The summed E-state index contributed by atoms with van der Waals surface area (Å²) in [4.78, 5) is 0. The van der Waals surface area contributed by atoms with Gasteiger partial charge in [-0.05, 0) is 13.8 Å². The number of hydrogen-bond acceptors (Lipinski definition) is 1. The van der Waals surface area contributed by atoms with E-state index >= 15 is 0 Å². The Morgan fingerprint density at radius 2 is 1.71 bits per heavy atom. The summed E-state index contributed by atoms with van der Waals surface area (Å²) in [7, 11) is 0. The number of rotatable bonds is 1. The molecule has 0 heterocycles. The zero-order valence-electron chi connectivity index (χ0n) is 4.57. The third kappa shape index (κ3) is 10.9. The predicted octanol–water partition coefficient (Wildman–Crippen LogP) is 1.58. The topological polar surface area (TPSA) is 26.0 Å². The molecule has 46 valence electrons. The van der Waals surface area contributed by atoms with E-state index in [0.29, 0.717) is 0 Å². The van der Waals surface area contributed by atoms with Crippen molar-refractivity contribution in [3.05, 3.63) is 0 Å². The zero-order valence-corrected chi connectivity index (χ0v) is 7.54. The largest absolute Gasteiger partial charge is 0.325 e. The van der Waals surface area contributed by atoms with Gasteiger partial charge in [0.15, 0.2) is 0 Å². The van der Waals surface area contributed by atoms with Crippen LogP contribution in [-0.4, -0.2) is 9.97 Å². The van der Waals surface area contributed by atoms with Crippen LogP contribution in [-0.2, 0) is 0 Å². The van der Waals surface area contributed by atoms with Crippen molar-refractivity contribution >= 4 is 35.0 Å². The van der Waals surface area contributed by atoms with E-state index in [4.69, 9.17) is 5.73 Å². The lowest BCUT2D eigenvalue weighted by Gasteiger charge is -2.11. The lowest BCUT2D eigenvalue weighted by atomic mass is 10.1. The van der Waals surface area contributed by atoms with Crippen LogP contribution >= 0.6 is 35.0 Å². The summed E-state index contributed by atoms with van der Waals surface area (Å²) >= 11 is 2.27. The fourth-order valence-electron chi connectivity index (χ4n) is 0. The lowest BCUT2D eigenvalue weighted by Crippen LogP contribution is -2.33. The van der Waals surface area contributed by atoms with E-state index in [9.17, 15) is 0 Å². The van der Waals surface area contributed by atoms with Crippen LogP contribution in [0, 0.1) is 0 Å². The first-order chi connectivity index (χ1) is 2.56. The molecule has 0 spiro atoms. The Balaban J connectivity index is 0. The third-order valence-electron chi connectivity index (χ3n) is 0.344. The van der Waals surface area contributed by atoms with Gasteiger partial charge in [-0.1, -0.05) is 22.6 Å². The summed E-state index contributed by atoms with van der Waals surface area (Å²) in [5, 5.41) is 0. The summed E-state index contributed by atoms with van der Waals surface area (Å²) in [6.07, 6.45) is 0. The molecule has 0 aliphatic heterocycles. The molecule has 1 nitrogen and oxygen atoms in total. The standard InChI is InChI=1S/C4H10IN.ClH/c1-4(2,6)3-5;/h3,6H2,1-2H3;1H. The number of nitrogens with two attached hydrogens (primary N) is 1. The molecule has 0 radical (unpaired) electrons. The van der Waals surface area contributed by atoms with Crippen LogP contribution < -0.4 is 5.73 Å². The van der Waals surface area contributed by atoms with Gasteiger partial charge in [-0.3, -0.25) is 0 Å². The van der Waals surface area contributed by atoms with Crippen molar-refractivity contribution in [2.75, 3.05) is 4.43 Å². The summed E-state index contributed by atoms with van der Waals surface area (Å²) in [5.74, 6) is 0. The molecule has 2 N–H and O–H groups in total. The van der Waals surface area contributed by atoms with Crippen LogP contribution in [0.15, 0.2) is 0 Å². The highest BCUT2D eigenvalue weighted by Gasteiger charge is 2.04. The molecule has 0 atom stereocenters. The maximum atomic E-state index is 5.53. The van der Waals surface area contributed by atoms with Gasteiger partial charge in [-0.25, -0.2) is 0 Å². The molecular weight excluding hydrogens is 224 g/mol. The molecule has 0 aliphatic carbocycles. The molecule has 0 amide bonds. The van der Waals surface area contributed by atoms with Gasteiger partial charge in [0.2, 0.25) is 0 Å². The first kappa shape index (κ1) is 10.9. The Kier molecular flexibility index (Phi) is 6.09. The number of halogens is 2. The van der Waals surface area contributed by atoms with Gasteiger partial charge in [0.05, 0.1) is 0 Å². The van der Waals surface area contributed by atoms with E-state index in [0.717, 1.165) is 4.43 Å². The minimum absolute atomic E-state index is 0. The molecule has 7 heavy (non-hydrogen) atoms. The van der Waals surface area contributed by atoms with Crippen LogP contribution in [0.5, 0.6) is 0 Å². The second kappa shape index (κ2) is 3.92. The maximum Gasteiger partial charge on any atom is 0.0187 e. The fourth-order valence-corrected chi connectivity index (χ4v) is 0. The van der Waals surface area contributed by atoms with Gasteiger partial charge < -0.3 is 5.73 Å². The molecule has 3 heteroatoms. The molecule has 0 aliphatic rings. The molecule has 0 rings (SSSR count). The van der Waals surface area contributed by atoms with Crippen molar-refractivity contribution in [1.82, 2.24) is 0 Å². The van der Waals surface area contributed by atoms with Crippen molar-refractivity contribution in [2.24, 2.45) is 5.73 Å². The monoisotopic (exact) mass is 235 g/mol. The Morgan fingerprint density at radius 3 is 1.71 bits per heavy atom. The van der Waals surface area contributed by atoms with Gasteiger partial charge in [0.25, 0.3) is 0 Å². The number of alkyl halides is 1. The molecule has 0 aromatic rings. The van der Waals surface area contributed by atoms with Crippen LogP contribution in [0.25, 0.3) is 0 Å². The van der Waals surface area contributed by atoms with E-state index in [2.05, 4.69) is 22.6 Å². The molecule has 0 fully saturated rings. The Bertz CT molecular complexity index is 41.4. The van der Waals surface area contributed by atoms with Crippen molar-refractivity contribution in [2.45, 2.75) is 19.4 Å². The fraction of sp³-hybridized carbons (Fsp3) is 1.00. The molecule has 0 aromatic heterocycles. The smallest absolute Gasteiger partial charge is 0.0187 e. The van der Waals surface area contributed by atoms with Gasteiger partial charge >= 0.3 is 0 Å². The molecule has 0 bridgehead atoms. The Morgan fingerprint density at radius 1 is 1.57 bits per heavy atom. The second-order valence-corrected chi connectivity index (χ2v) is 2.89. The molecular formula is C4H11ClIN. The predicted molar refractivity (Wildman–Crippen MR) is 44.4 cm³/mol. The second-order valence-electron chi connectivity index (χ2n) is 2.12. The SMILES string of the molecule is CC(C)(N)CI.Cl. The lowest BCUT2D eigenvalue weighted by molar-refractivity contribution is 0.600. The normalized spacial score (nSPS) is 10.3. The summed E-state index contributed by atoms with van der Waals surface area (Å²) < 4.78 is 1.02. The molecule has 0 saturated heterocycles. The zero-order chi connectivity index (χ0) is 5.21. The van der Waals surface area contributed by atoms with Crippen molar-refractivity contribution < 1.29 is 0 Å². The van der Waals surface area contributed by atoms with Crippen molar-refractivity contribution in [3.8, 4) is 0 Å². The van der Waals surface area contributed by atoms with E-state index in [1.807, 2.05) is 13.8 Å². The first-order valence-electron chi connectivity index (χ1n) is 1.91. The Labute approximate surface area is 64.6 Å². The van der Waals surface area contributed by atoms with Gasteiger partial charge in [-0.2, -0.15) is 0 Å². The van der Waals surface area contributed by atoms with Crippen molar-refractivity contribution in [1.29, 1.82) is 0 Å². The average Bonchev–Trinajstić information content (AvgIpc) is 1.35. The van der Waals surface area contributed by atoms with Gasteiger partial charge in [-0.15, -0.1) is 12.4 Å². The first-order valence-corrected chi connectivity index (χ1v) is 3.44. The van der Waals surface area contributed by atoms with E-state index in [1.54, 1.807) is 0 Å². The van der Waals surface area contributed by atoms with E-state index in [-0.39, 0.29) is 17.9 Å². The van der Waals surface area contributed by atoms with Crippen LogP contribution in [0.2, 0.25) is 0 Å². The van der Waals surface area contributed by atoms with Gasteiger partial charge in [0, 0.05) is 9.97 Å². The highest BCUT2D eigenvalue weighted by atomic mass is 127. The van der Waals surface area contributed by atoms with Gasteiger partial charge in [0.1, 0.15) is 0 Å². The summed E-state index contributed by atoms with van der Waals surface area (Å²) in [5.41, 5.74) is 5.56. The molecule has 0 saturated carbocycles. The highest BCUT2D eigenvalue weighted by Crippen LogP contribution is 1.99. The summed E-state index contributed by atoms with van der Waals surface area (Å²) in [6.45, 7) is 4.03. The van der Waals surface area contributed by atoms with Crippen LogP contribution in [0.1, 0.15) is 13.8 Å². The third-order valence-corrected chi connectivity index (χ3v) is 2.31. The summed E-state index contributed by atoms with van der Waals surface area (Å²) in [6, 6.07) is 0. The van der Waals surface area contributed by atoms with Crippen molar-refractivity contribution in [3.63, 3.8) is 0 Å². The van der Waals surface area contributed by atoms with E-state index in [1.165, 1.54) is 0 Å². The highest BCUT2D eigenvalue weighted by molar-refractivity contribution is 14.1. The molecule has 0 aromatic carbocycles. The van der Waals surface area contributed by atoms with Crippen LogP contribution in [0.3, 0.4) is 0 Å². The number of hydrogen-bond donors (Lipinski definition) is 1. The van der Waals surface area contributed by atoms with Crippen LogP contribution in [0.4, 0.5) is 0 Å². The maximum absolute atomic E-state index is 5.53. The minimum Gasteiger partial charge on any atom is -0.325 e. The van der Waals surface area contributed by atoms with E-state index < -0.39 is 0 Å².